The highest BCUT2D eigenvalue weighted by Crippen LogP contribution is 2.15. The van der Waals surface area contributed by atoms with Gasteiger partial charge in [0.1, 0.15) is 0 Å². The zero-order chi connectivity index (χ0) is 15.9. The average Bonchev–Trinajstić information content (AvgIpc) is 2.55. The molecular formula is C16H22N2O4. The lowest BCUT2D eigenvalue weighted by molar-refractivity contribution is 0.00463. The Balaban J connectivity index is 1.91. The van der Waals surface area contributed by atoms with Gasteiger partial charge in [0, 0.05) is 25.9 Å². The number of hydrogen-bond donors (Lipinski definition) is 1. The minimum Gasteiger partial charge on any atom is -0.465 e. The molecule has 22 heavy (non-hydrogen) atoms. The molecule has 1 unspecified atom stereocenters. The molecule has 1 aromatic rings. The molecule has 1 aliphatic rings. The average molecular weight is 306 g/mol. The number of rotatable bonds is 4. The van der Waals surface area contributed by atoms with Crippen LogP contribution in [0.2, 0.25) is 0 Å². The van der Waals surface area contributed by atoms with E-state index >= 15 is 0 Å². The molecule has 0 radical (unpaired) electrons. The first-order valence-corrected chi connectivity index (χ1v) is 7.42. The summed E-state index contributed by atoms with van der Waals surface area (Å²) in [6.07, 6.45) is 3.31. The summed E-state index contributed by atoms with van der Waals surface area (Å²) in [5.41, 5.74) is 0.961. The van der Waals surface area contributed by atoms with Gasteiger partial charge in [0.2, 0.25) is 0 Å². The van der Waals surface area contributed by atoms with Gasteiger partial charge in [-0.1, -0.05) is 6.07 Å². The number of likely N-dealkylation sites (N-methyl/N-ethyl adjacent to an activating group) is 1. The molecule has 1 atom stereocenters. The smallest absolute Gasteiger partial charge is 0.337 e. The normalized spacial score (nSPS) is 17.6. The van der Waals surface area contributed by atoms with Gasteiger partial charge in [-0.05, 0) is 37.5 Å². The third-order valence-corrected chi connectivity index (χ3v) is 3.63. The Morgan fingerprint density at radius 1 is 1.41 bits per heavy atom. The summed E-state index contributed by atoms with van der Waals surface area (Å²) in [7, 11) is 3.06. The van der Waals surface area contributed by atoms with Gasteiger partial charge in [0.05, 0.1) is 18.8 Å². The van der Waals surface area contributed by atoms with E-state index in [9.17, 15) is 9.59 Å². The second-order valence-corrected chi connectivity index (χ2v) is 5.37. The molecule has 120 valence electrons. The number of nitrogens with one attached hydrogen (secondary N) is 1. The van der Waals surface area contributed by atoms with Crippen molar-refractivity contribution in [1.82, 2.24) is 4.90 Å². The molecule has 1 aromatic carbocycles. The van der Waals surface area contributed by atoms with Crippen LogP contribution in [-0.2, 0) is 9.47 Å². The first kappa shape index (κ1) is 16.3. The number of urea groups is 1. The van der Waals surface area contributed by atoms with E-state index in [0.29, 0.717) is 17.8 Å². The molecule has 1 N–H and O–H groups in total. The van der Waals surface area contributed by atoms with E-state index in [0.717, 1.165) is 25.9 Å². The molecular weight excluding hydrogens is 284 g/mol. The second-order valence-electron chi connectivity index (χ2n) is 5.37. The molecule has 0 spiro atoms. The number of ether oxygens (including phenoxy) is 2. The Kier molecular flexibility index (Phi) is 5.77. The van der Waals surface area contributed by atoms with Crippen LogP contribution in [-0.4, -0.2) is 50.3 Å². The largest absolute Gasteiger partial charge is 0.465 e. The van der Waals surface area contributed by atoms with Crippen molar-refractivity contribution in [3.8, 4) is 0 Å². The van der Waals surface area contributed by atoms with Crippen molar-refractivity contribution in [1.29, 1.82) is 0 Å². The third kappa shape index (κ3) is 4.46. The van der Waals surface area contributed by atoms with Crippen LogP contribution in [0.15, 0.2) is 24.3 Å². The van der Waals surface area contributed by atoms with E-state index in [2.05, 4.69) is 10.1 Å². The number of carbonyl (C=O) groups is 2. The van der Waals surface area contributed by atoms with Gasteiger partial charge in [0.25, 0.3) is 0 Å². The number of nitrogens with zero attached hydrogens (tertiary/aromatic N) is 1. The van der Waals surface area contributed by atoms with Gasteiger partial charge in [-0.25, -0.2) is 9.59 Å². The Hall–Kier alpha value is -2.08. The van der Waals surface area contributed by atoms with Gasteiger partial charge in [-0.2, -0.15) is 0 Å². The highest BCUT2D eigenvalue weighted by molar-refractivity contribution is 5.93. The summed E-state index contributed by atoms with van der Waals surface area (Å²) in [6, 6.07) is 6.44. The lowest BCUT2D eigenvalue weighted by Crippen LogP contribution is -2.39. The second kappa shape index (κ2) is 7.79. The van der Waals surface area contributed by atoms with Crippen molar-refractivity contribution in [2.75, 3.05) is 32.6 Å². The van der Waals surface area contributed by atoms with Crippen molar-refractivity contribution in [3.63, 3.8) is 0 Å². The van der Waals surface area contributed by atoms with Gasteiger partial charge in [0.15, 0.2) is 0 Å². The molecule has 2 rings (SSSR count). The molecule has 1 aliphatic heterocycles. The molecule has 6 heteroatoms. The Labute approximate surface area is 130 Å². The quantitative estimate of drug-likeness (QED) is 0.868. The summed E-state index contributed by atoms with van der Waals surface area (Å²) in [6.45, 7) is 1.32. The van der Waals surface area contributed by atoms with Crippen molar-refractivity contribution in [2.24, 2.45) is 0 Å². The van der Waals surface area contributed by atoms with Gasteiger partial charge in [-0.15, -0.1) is 0 Å². The molecule has 2 amide bonds. The molecule has 1 saturated heterocycles. The zero-order valence-corrected chi connectivity index (χ0v) is 13.0. The van der Waals surface area contributed by atoms with E-state index in [1.54, 1.807) is 36.2 Å². The fraction of sp³-hybridized carbons (Fsp3) is 0.500. The van der Waals surface area contributed by atoms with E-state index < -0.39 is 5.97 Å². The van der Waals surface area contributed by atoms with E-state index in [4.69, 9.17) is 4.74 Å². The van der Waals surface area contributed by atoms with Crippen molar-refractivity contribution in [3.05, 3.63) is 29.8 Å². The standard InChI is InChI=1S/C16H22N2O4/c1-18(11-14-8-3-4-9-22-14)16(20)17-13-7-5-6-12(10-13)15(19)21-2/h5-7,10,14H,3-4,8-9,11H2,1-2H3,(H,17,20). The molecule has 1 fully saturated rings. The molecule has 0 saturated carbocycles. The highest BCUT2D eigenvalue weighted by Gasteiger charge is 2.19. The van der Waals surface area contributed by atoms with Gasteiger partial charge >= 0.3 is 12.0 Å². The minimum absolute atomic E-state index is 0.103. The summed E-state index contributed by atoms with van der Waals surface area (Å²) < 4.78 is 10.3. The van der Waals surface area contributed by atoms with Crippen LogP contribution in [0.25, 0.3) is 0 Å². The zero-order valence-electron chi connectivity index (χ0n) is 13.0. The van der Waals surface area contributed by atoms with Crippen LogP contribution in [0.5, 0.6) is 0 Å². The lowest BCUT2D eigenvalue weighted by Gasteiger charge is -2.27. The highest BCUT2D eigenvalue weighted by atomic mass is 16.5. The van der Waals surface area contributed by atoms with Crippen molar-refractivity contribution >= 4 is 17.7 Å². The molecule has 0 aliphatic carbocycles. The minimum atomic E-state index is -0.431. The number of amides is 2. The van der Waals surface area contributed by atoms with Gasteiger partial charge in [-0.3, -0.25) is 0 Å². The van der Waals surface area contributed by atoms with E-state index in [1.807, 2.05) is 0 Å². The van der Waals surface area contributed by atoms with Crippen LogP contribution in [0.1, 0.15) is 29.6 Å². The van der Waals surface area contributed by atoms with Crippen molar-refractivity contribution < 1.29 is 19.1 Å². The van der Waals surface area contributed by atoms with Crippen LogP contribution in [0.3, 0.4) is 0 Å². The topological polar surface area (TPSA) is 67.9 Å². The predicted octanol–water partition coefficient (Wildman–Crippen LogP) is 2.51. The molecule has 1 heterocycles. The monoisotopic (exact) mass is 306 g/mol. The lowest BCUT2D eigenvalue weighted by atomic mass is 10.1. The number of carbonyl (C=O) groups excluding carboxylic acids is 2. The Morgan fingerprint density at radius 2 is 2.23 bits per heavy atom. The fourth-order valence-electron chi connectivity index (χ4n) is 2.40. The van der Waals surface area contributed by atoms with Crippen LogP contribution < -0.4 is 5.32 Å². The number of anilines is 1. The first-order valence-electron chi connectivity index (χ1n) is 7.42. The number of benzene rings is 1. The van der Waals surface area contributed by atoms with E-state index in [1.165, 1.54) is 7.11 Å². The number of methoxy groups -OCH3 is 1. The molecule has 6 nitrogen and oxygen atoms in total. The summed E-state index contributed by atoms with van der Waals surface area (Å²) >= 11 is 0. The SMILES string of the molecule is COC(=O)c1cccc(NC(=O)N(C)CC2CCCCO2)c1. The molecule has 0 bridgehead atoms. The predicted molar refractivity (Wildman–Crippen MR) is 83.0 cm³/mol. The maximum atomic E-state index is 12.2. The van der Waals surface area contributed by atoms with E-state index in [-0.39, 0.29) is 12.1 Å². The Bertz CT molecular complexity index is 527. The maximum Gasteiger partial charge on any atom is 0.337 e. The fourth-order valence-corrected chi connectivity index (χ4v) is 2.40. The Morgan fingerprint density at radius 3 is 2.91 bits per heavy atom. The van der Waals surface area contributed by atoms with Crippen LogP contribution >= 0.6 is 0 Å². The van der Waals surface area contributed by atoms with Crippen LogP contribution in [0, 0.1) is 0 Å². The van der Waals surface area contributed by atoms with Crippen LogP contribution in [0.4, 0.5) is 10.5 Å². The number of hydrogen-bond acceptors (Lipinski definition) is 4. The number of esters is 1. The van der Waals surface area contributed by atoms with Gasteiger partial charge < -0.3 is 19.7 Å². The first-order chi connectivity index (χ1) is 10.6. The maximum absolute atomic E-state index is 12.2. The summed E-state index contributed by atoms with van der Waals surface area (Å²) in [5.74, 6) is -0.431. The molecule has 0 aromatic heterocycles. The summed E-state index contributed by atoms with van der Waals surface area (Å²) in [4.78, 5) is 25.3. The third-order valence-electron chi connectivity index (χ3n) is 3.63. The van der Waals surface area contributed by atoms with Crippen molar-refractivity contribution in [2.45, 2.75) is 25.4 Å². The summed E-state index contributed by atoms with van der Waals surface area (Å²) in [5, 5.41) is 2.77.